The molecule has 0 N–H and O–H groups in total. The van der Waals surface area contributed by atoms with Crippen LogP contribution in [0.4, 0.5) is 8.78 Å². The molecule has 0 aliphatic carbocycles. The van der Waals surface area contributed by atoms with Gasteiger partial charge in [0.2, 0.25) is 0 Å². The third-order valence-electron chi connectivity index (χ3n) is 2.37. The quantitative estimate of drug-likeness (QED) is 0.762. The number of aryl methyl sites for hydroxylation is 1. The first-order valence-corrected chi connectivity index (χ1v) is 4.90. The molecular weight excluding hydrogens is 210 g/mol. The summed E-state index contributed by atoms with van der Waals surface area (Å²) in [5.41, 5.74) is 1.07. The van der Waals surface area contributed by atoms with Crippen molar-refractivity contribution in [3.05, 3.63) is 47.8 Å². The van der Waals surface area contributed by atoms with E-state index in [1.165, 1.54) is 16.9 Å². The molecule has 4 heteroatoms. The zero-order chi connectivity index (χ0) is 11.8. The van der Waals surface area contributed by atoms with Crippen molar-refractivity contribution in [1.29, 1.82) is 0 Å². The van der Waals surface area contributed by atoms with Crippen LogP contribution in [-0.4, -0.2) is 9.78 Å². The molecule has 0 amide bonds. The molecule has 0 spiro atoms. The summed E-state index contributed by atoms with van der Waals surface area (Å²) in [6, 6.07) is 9.20. The summed E-state index contributed by atoms with van der Waals surface area (Å²) >= 11 is 0. The normalized spacial score (nSPS) is 11.8. The molecule has 2 nitrogen and oxygen atoms in total. The second kappa shape index (κ2) is 3.70. The molecule has 1 aromatic heterocycles. The second-order valence-electron chi connectivity index (χ2n) is 3.69. The Bertz CT molecular complexity index is 498. The molecule has 16 heavy (non-hydrogen) atoms. The highest BCUT2D eigenvalue weighted by atomic mass is 19.3. The first kappa shape index (κ1) is 10.8. The minimum Gasteiger partial charge on any atom is -0.237 e. The number of para-hydroxylation sites is 1. The lowest BCUT2D eigenvalue weighted by atomic mass is 10.1. The summed E-state index contributed by atoms with van der Waals surface area (Å²) < 4.78 is 28.2. The summed E-state index contributed by atoms with van der Waals surface area (Å²) in [7, 11) is 0. The molecule has 0 aliphatic heterocycles. The van der Waals surface area contributed by atoms with Gasteiger partial charge in [-0.05, 0) is 13.0 Å². The zero-order valence-electron chi connectivity index (χ0n) is 9.04. The van der Waals surface area contributed by atoms with Gasteiger partial charge in [0.1, 0.15) is 0 Å². The van der Waals surface area contributed by atoms with Crippen molar-refractivity contribution >= 4 is 0 Å². The average molecular weight is 221 g/mol. The van der Waals surface area contributed by atoms with Crippen molar-refractivity contribution in [2.45, 2.75) is 19.8 Å². The van der Waals surface area contributed by atoms with Crippen molar-refractivity contribution in [3.8, 4) is 5.69 Å². The van der Waals surface area contributed by atoms with Crippen LogP contribution >= 0.6 is 0 Å². The maximum atomic E-state index is 13.4. The van der Waals surface area contributed by atoms with Gasteiger partial charge in [0.25, 0.3) is 5.92 Å². The van der Waals surface area contributed by atoms with Gasteiger partial charge in [-0.2, -0.15) is 5.10 Å². The molecule has 2 aromatic rings. The number of aromatic nitrogens is 2. The predicted octanol–water partition coefficient (Wildman–Crippen LogP) is 3.09. The van der Waals surface area contributed by atoms with Gasteiger partial charge in [0.15, 0.2) is 0 Å². The highest BCUT2D eigenvalue weighted by molar-refractivity contribution is 5.43. The Hall–Kier alpha value is -1.71. The first-order valence-electron chi connectivity index (χ1n) is 4.90. The maximum Gasteiger partial charge on any atom is 0.272 e. The Kier molecular flexibility index (Phi) is 2.50. The number of alkyl halides is 2. The Morgan fingerprint density at radius 2 is 2.00 bits per heavy atom. The van der Waals surface area contributed by atoms with Gasteiger partial charge in [-0.15, -0.1) is 0 Å². The average Bonchev–Trinajstić information content (AvgIpc) is 2.63. The van der Waals surface area contributed by atoms with Crippen molar-refractivity contribution in [1.82, 2.24) is 9.78 Å². The van der Waals surface area contributed by atoms with E-state index in [-0.39, 0.29) is 5.56 Å². The standard InChI is InChI=1S/C12H11F2N2/c1-9-7-8-15-16(9)11-6-4-3-5-10(11)12(2,13)14/h3-6,8H,1-2H3. The van der Waals surface area contributed by atoms with Crippen molar-refractivity contribution in [2.75, 3.05) is 0 Å². The fourth-order valence-corrected chi connectivity index (χ4v) is 1.60. The van der Waals surface area contributed by atoms with Gasteiger partial charge in [0.05, 0.1) is 11.9 Å². The van der Waals surface area contributed by atoms with E-state index >= 15 is 0 Å². The predicted molar refractivity (Wildman–Crippen MR) is 56.7 cm³/mol. The van der Waals surface area contributed by atoms with Crippen LogP contribution in [0, 0.1) is 13.0 Å². The summed E-state index contributed by atoms with van der Waals surface area (Å²) in [5, 5.41) is 3.99. The fraction of sp³-hybridized carbons (Fsp3) is 0.250. The molecule has 0 saturated carbocycles. The van der Waals surface area contributed by atoms with Crippen molar-refractivity contribution < 1.29 is 8.78 Å². The lowest BCUT2D eigenvalue weighted by Crippen LogP contribution is -2.13. The van der Waals surface area contributed by atoms with Gasteiger partial charge >= 0.3 is 0 Å². The summed E-state index contributed by atoms with van der Waals surface area (Å²) in [5.74, 6) is -2.88. The monoisotopic (exact) mass is 221 g/mol. The number of nitrogens with zero attached hydrogens (tertiary/aromatic N) is 2. The molecule has 0 unspecified atom stereocenters. The number of halogens is 2. The Balaban J connectivity index is 2.62. The lowest BCUT2D eigenvalue weighted by Gasteiger charge is -2.16. The van der Waals surface area contributed by atoms with E-state index in [1.807, 2.05) is 0 Å². The van der Waals surface area contributed by atoms with Gasteiger partial charge in [0, 0.05) is 24.2 Å². The molecule has 0 atom stereocenters. The van der Waals surface area contributed by atoms with E-state index in [0.29, 0.717) is 11.4 Å². The van der Waals surface area contributed by atoms with E-state index in [9.17, 15) is 8.78 Å². The highest BCUT2D eigenvalue weighted by Gasteiger charge is 2.28. The van der Waals surface area contributed by atoms with Gasteiger partial charge in [-0.25, -0.2) is 13.5 Å². The number of rotatable bonds is 2. The Morgan fingerprint density at radius 1 is 1.31 bits per heavy atom. The molecule has 83 valence electrons. The van der Waals surface area contributed by atoms with E-state index in [2.05, 4.69) is 11.2 Å². The molecule has 0 saturated heterocycles. The van der Waals surface area contributed by atoms with E-state index < -0.39 is 5.92 Å². The third kappa shape index (κ3) is 1.83. The molecule has 1 heterocycles. The van der Waals surface area contributed by atoms with E-state index in [4.69, 9.17) is 0 Å². The minimum absolute atomic E-state index is 0.0322. The molecular formula is C12H11F2N2. The largest absolute Gasteiger partial charge is 0.272 e. The van der Waals surface area contributed by atoms with Crippen LogP contribution in [0.1, 0.15) is 18.2 Å². The van der Waals surface area contributed by atoms with E-state index in [0.717, 1.165) is 6.92 Å². The molecule has 0 aliphatic rings. The molecule has 1 radical (unpaired) electrons. The third-order valence-corrected chi connectivity index (χ3v) is 2.37. The zero-order valence-corrected chi connectivity index (χ0v) is 9.04. The maximum absolute atomic E-state index is 13.4. The smallest absolute Gasteiger partial charge is 0.237 e. The van der Waals surface area contributed by atoms with Crippen LogP contribution in [0.25, 0.3) is 5.69 Å². The topological polar surface area (TPSA) is 17.8 Å². The van der Waals surface area contributed by atoms with Crippen LogP contribution in [0.5, 0.6) is 0 Å². The van der Waals surface area contributed by atoms with Crippen LogP contribution in [-0.2, 0) is 5.92 Å². The summed E-state index contributed by atoms with van der Waals surface area (Å²) in [4.78, 5) is 0. The van der Waals surface area contributed by atoms with Crippen molar-refractivity contribution in [3.63, 3.8) is 0 Å². The van der Waals surface area contributed by atoms with Crippen LogP contribution < -0.4 is 0 Å². The number of hydrogen-bond donors (Lipinski definition) is 0. The molecule has 0 fully saturated rings. The fourth-order valence-electron chi connectivity index (χ4n) is 1.60. The lowest BCUT2D eigenvalue weighted by molar-refractivity contribution is 0.0173. The van der Waals surface area contributed by atoms with Crippen LogP contribution in [0.15, 0.2) is 30.5 Å². The van der Waals surface area contributed by atoms with Gasteiger partial charge in [-0.1, -0.05) is 18.2 Å². The number of hydrogen-bond acceptors (Lipinski definition) is 1. The first-order chi connectivity index (χ1) is 7.50. The summed E-state index contributed by atoms with van der Waals surface area (Å²) in [6.07, 6.45) is 1.47. The molecule has 0 bridgehead atoms. The molecule has 1 aromatic carbocycles. The van der Waals surface area contributed by atoms with E-state index in [1.54, 1.807) is 25.1 Å². The molecule has 2 rings (SSSR count). The SMILES string of the molecule is Cc1[c]cnn1-c1ccccc1C(C)(F)F. The highest BCUT2D eigenvalue weighted by Crippen LogP contribution is 2.31. The van der Waals surface area contributed by atoms with Crippen LogP contribution in [0.2, 0.25) is 0 Å². The number of benzene rings is 1. The Labute approximate surface area is 92.5 Å². The summed E-state index contributed by atoms with van der Waals surface area (Å²) in [6.45, 7) is 2.66. The Morgan fingerprint density at radius 3 is 2.56 bits per heavy atom. The minimum atomic E-state index is -2.88. The van der Waals surface area contributed by atoms with Crippen LogP contribution in [0.3, 0.4) is 0 Å². The van der Waals surface area contributed by atoms with Gasteiger partial charge < -0.3 is 0 Å². The van der Waals surface area contributed by atoms with Gasteiger partial charge in [-0.3, -0.25) is 0 Å². The second-order valence-corrected chi connectivity index (χ2v) is 3.69. The van der Waals surface area contributed by atoms with Crippen molar-refractivity contribution in [2.24, 2.45) is 0 Å².